The number of nitrogens with zero attached hydrogens (tertiary/aromatic N) is 2. The second-order valence-electron chi connectivity index (χ2n) is 7.56. The summed E-state index contributed by atoms with van der Waals surface area (Å²) in [5.41, 5.74) is 9.10. The van der Waals surface area contributed by atoms with Crippen molar-refractivity contribution >= 4 is 17.5 Å². The van der Waals surface area contributed by atoms with Crippen LogP contribution in [0.15, 0.2) is 36.4 Å². The topological polar surface area (TPSA) is 99.2 Å². The number of hydrogen-bond acceptors (Lipinski definition) is 4. The summed E-state index contributed by atoms with van der Waals surface area (Å²) in [6.07, 6.45) is 3.39. The van der Waals surface area contributed by atoms with Crippen LogP contribution >= 0.6 is 0 Å². The van der Waals surface area contributed by atoms with E-state index >= 15 is 0 Å². The van der Waals surface area contributed by atoms with Crippen LogP contribution < -0.4 is 15.8 Å². The molecular weight excluding hydrogens is 399 g/mol. The normalized spacial score (nSPS) is 12.9. The van der Waals surface area contributed by atoms with E-state index in [0.717, 1.165) is 30.5 Å². The van der Waals surface area contributed by atoms with Crippen LogP contribution in [-0.2, 0) is 12.8 Å². The van der Waals surface area contributed by atoms with Gasteiger partial charge in [0, 0.05) is 16.8 Å². The van der Waals surface area contributed by atoms with Gasteiger partial charge < -0.3 is 15.8 Å². The number of aromatic nitrogens is 2. The molecule has 0 saturated heterocycles. The lowest BCUT2D eigenvalue weighted by atomic mass is 9.95. The Labute approximate surface area is 179 Å². The number of hydrogen-bond donors (Lipinski definition) is 2. The Balaban J connectivity index is 1.74. The van der Waals surface area contributed by atoms with E-state index in [4.69, 9.17) is 10.5 Å². The maximum absolute atomic E-state index is 14.2. The van der Waals surface area contributed by atoms with E-state index < -0.39 is 11.8 Å². The molecular formula is C23H23FN4O3. The van der Waals surface area contributed by atoms with Crippen molar-refractivity contribution in [3.63, 3.8) is 0 Å². The summed E-state index contributed by atoms with van der Waals surface area (Å²) in [6.45, 7) is 1.70. The molecule has 0 bridgehead atoms. The molecule has 1 heterocycles. The molecule has 31 heavy (non-hydrogen) atoms. The van der Waals surface area contributed by atoms with Crippen LogP contribution in [0.4, 0.5) is 10.1 Å². The second kappa shape index (κ2) is 8.22. The zero-order valence-electron chi connectivity index (χ0n) is 17.4. The number of aryl methyl sites for hydroxylation is 1. The van der Waals surface area contributed by atoms with Gasteiger partial charge in [-0.3, -0.25) is 9.59 Å². The highest BCUT2D eigenvalue weighted by Crippen LogP contribution is 2.30. The van der Waals surface area contributed by atoms with Crippen molar-refractivity contribution in [2.75, 3.05) is 12.4 Å². The predicted molar refractivity (Wildman–Crippen MR) is 114 cm³/mol. The Morgan fingerprint density at radius 1 is 1.16 bits per heavy atom. The maximum Gasteiger partial charge on any atom is 0.276 e. The first kappa shape index (κ1) is 20.6. The molecule has 4 rings (SSSR count). The summed E-state index contributed by atoms with van der Waals surface area (Å²) in [5.74, 6) is -0.963. The fourth-order valence-corrected chi connectivity index (χ4v) is 3.85. The van der Waals surface area contributed by atoms with Gasteiger partial charge in [-0.15, -0.1) is 0 Å². The minimum atomic E-state index is -0.610. The van der Waals surface area contributed by atoms with E-state index in [0.29, 0.717) is 29.1 Å². The molecule has 1 aliphatic carbocycles. The largest absolute Gasteiger partial charge is 0.495 e. The number of benzene rings is 2. The molecule has 2 amide bonds. The average molecular weight is 422 g/mol. The Morgan fingerprint density at radius 3 is 2.65 bits per heavy atom. The SMILES string of the molecule is COc1ccc(C(N)=O)cc1NC(=O)c1nn(-c2ccc(C)c(F)c2)c2c1CCCC2. The molecule has 0 saturated carbocycles. The van der Waals surface area contributed by atoms with E-state index in [9.17, 15) is 14.0 Å². The number of carbonyl (C=O) groups excluding carboxylic acids is 2. The lowest BCUT2D eigenvalue weighted by Gasteiger charge is -2.15. The fraction of sp³-hybridized carbons (Fsp3) is 0.261. The number of methoxy groups -OCH3 is 1. The second-order valence-corrected chi connectivity index (χ2v) is 7.56. The Morgan fingerprint density at radius 2 is 1.94 bits per heavy atom. The van der Waals surface area contributed by atoms with E-state index in [2.05, 4.69) is 10.4 Å². The van der Waals surface area contributed by atoms with Crippen molar-refractivity contribution in [3.05, 3.63) is 70.3 Å². The number of nitrogens with two attached hydrogens (primary N) is 1. The molecule has 0 atom stereocenters. The van der Waals surface area contributed by atoms with Crippen LogP contribution in [0.25, 0.3) is 5.69 Å². The summed E-state index contributed by atoms with van der Waals surface area (Å²) < 4.78 is 21.1. The van der Waals surface area contributed by atoms with Gasteiger partial charge in [0.25, 0.3) is 5.91 Å². The van der Waals surface area contributed by atoms with Crippen molar-refractivity contribution in [3.8, 4) is 11.4 Å². The predicted octanol–water partition coefficient (Wildman–Crippen LogP) is 3.56. The molecule has 1 aliphatic rings. The van der Waals surface area contributed by atoms with E-state index in [1.807, 2.05) is 0 Å². The molecule has 0 aliphatic heterocycles. The third kappa shape index (κ3) is 3.88. The van der Waals surface area contributed by atoms with Crippen LogP contribution in [0.3, 0.4) is 0 Å². The van der Waals surface area contributed by atoms with Gasteiger partial charge in [0.05, 0.1) is 18.5 Å². The van der Waals surface area contributed by atoms with E-state index in [1.54, 1.807) is 29.8 Å². The molecule has 0 fully saturated rings. The molecule has 3 N–H and O–H groups in total. The number of halogens is 1. The minimum absolute atomic E-state index is 0.249. The highest BCUT2D eigenvalue weighted by molar-refractivity contribution is 6.06. The van der Waals surface area contributed by atoms with Gasteiger partial charge in [0.1, 0.15) is 11.6 Å². The first-order valence-electron chi connectivity index (χ1n) is 10.1. The highest BCUT2D eigenvalue weighted by Gasteiger charge is 2.26. The quantitative estimate of drug-likeness (QED) is 0.657. The number of anilines is 1. The Kier molecular flexibility index (Phi) is 5.46. The van der Waals surface area contributed by atoms with Crippen molar-refractivity contribution in [1.29, 1.82) is 0 Å². The van der Waals surface area contributed by atoms with Crippen LogP contribution in [0.2, 0.25) is 0 Å². The molecule has 7 nitrogen and oxygen atoms in total. The number of rotatable bonds is 5. The number of nitrogens with one attached hydrogen (secondary N) is 1. The summed E-state index contributed by atoms with van der Waals surface area (Å²) in [5, 5.41) is 7.33. The summed E-state index contributed by atoms with van der Waals surface area (Å²) >= 11 is 0. The van der Waals surface area contributed by atoms with Gasteiger partial charge >= 0.3 is 0 Å². The van der Waals surface area contributed by atoms with Gasteiger partial charge in [-0.05, 0) is 68.5 Å². The van der Waals surface area contributed by atoms with E-state index in [1.165, 1.54) is 25.3 Å². The fourth-order valence-electron chi connectivity index (χ4n) is 3.85. The monoisotopic (exact) mass is 422 g/mol. The third-order valence-electron chi connectivity index (χ3n) is 5.53. The van der Waals surface area contributed by atoms with Crippen LogP contribution in [-0.4, -0.2) is 28.7 Å². The van der Waals surface area contributed by atoms with Gasteiger partial charge in [-0.2, -0.15) is 5.10 Å². The highest BCUT2D eigenvalue weighted by atomic mass is 19.1. The third-order valence-corrected chi connectivity index (χ3v) is 5.53. The molecule has 0 spiro atoms. The van der Waals surface area contributed by atoms with Gasteiger partial charge in [0.15, 0.2) is 5.69 Å². The van der Waals surface area contributed by atoms with Gasteiger partial charge in [0.2, 0.25) is 5.91 Å². The summed E-state index contributed by atoms with van der Waals surface area (Å²) in [7, 11) is 1.47. The first-order chi connectivity index (χ1) is 14.9. The average Bonchev–Trinajstić information content (AvgIpc) is 3.15. The summed E-state index contributed by atoms with van der Waals surface area (Å²) in [4.78, 5) is 24.7. The Bertz CT molecular complexity index is 1190. The molecule has 8 heteroatoms. The summed E-state index contributed by atoms with van der Waals surface area (Å²) in [6, 6.07) is 9.48. The van der Waals surface area contributed by atoms with Crippen LogP contribution in [0, 0.1) is 12.7 Å². The molecule has 1 aromatic heterocycles. The van der Waals surface area contributed by atoms with Gasteiger partial charge in [-0.25, -0.2) is 9.07 Å². The maximum atomic E-state index is 14.2. The zero-order chi connectivity index (χ0) is 22.1. The number of primary amides is 1. The van der Waals surface area contributed by atoms with Gasteiger partial charge in [-0.1, -0.05) is 6.07 Å². The zero-order valence-corrected chi connectivity index (χ0v) is 17.4. The molecule has 2 aromatic carbocycles. The van der Waals surface area contributed by atoms with Crippen LogP contribution in [0.5, 0.6) is 5.75 Å². The van der Waals surface area contributed by atoms with Crippen molar-refractivity contribution in [1.82, 2.24) is 9.78 Å². The molecule has 0 radical (unpaired) electrons. The van der Waals surface area contributed by atoms with Crippen molar-refractivity contribution in [2.24, 2.45) is 5.73 Å². The lowest BCUT2D eigenvalue weighted by Crippen LogP contribution is -2.17. The van der Waals surface area contributed by atoms with E-state index in [-0.39, 0.29) is 17.1 Å². The van der Waals surface area contributed by atoms with Crippen molar-refractivity contribution in [2.45, 2.75) is 32.6 Å². The number of carbonyl (C=O) groups is 2. The number of ether oxygens (including phenoxy) is 1. The number of amides is 2. The smallest absolute Gasteiger partial charge is 0.276 e. The molecule has 0 unspecified atom stereocenters. The Hall–Kier alpha value is -3.68. The number of fused-ring (bicyclic) bond motifs is 1. The minimum Gasteiger partial charge on any atom is -0.495 e. The van der Waals surface area contributed by atoms with Crippen LogP contribution in [0.1, 0.15) is 50.5 Å². The standard InChI is InChI=1S/C23H23FN4O3/c1-13-7-9-15(12-17(13)24)28-19-6-4-3-5-16(19)21(27-28)23(30)26-18-11-14(22(25)29)8-10-20(18)31-2/h7-12H,3-6H2,1-2H3,(H2,25,29)(H,26,30). The lowest BCUT2D eigenvalue weighted by molar-refractivity contribution is 0.0995. The molecule has 160 valence electrons. The first-order valence-corrected chi connectivity index (χ1v) is 10.1. The molecule has 3 aromatic rings. The van der Waals surface area contributed by atoms with Crippen molar-refractivity contribution < 1.29 is 18.7 Å².